The molecule has 2 rings (SSSR count). The number of aliphatic hydroxyl groups is 1. The zero-order chi connectivity index (χ0) is 15.2. The van der Waals surface area contributed by atoms with Gasteiger partial charge >= 0.3 is 0 Å². The number of rotatable bonds is 6. The molecule has 0 fully saturated rings. The Kier molecular flexibility index (Phi) is 5.41. The van der Waals surface area contributed by atoms with E-state index in [9.17, 15) is 9.90 Å². The Morgan fingerprint density at radius 3 is 2.95 bits per heavy atom. The van der Waals surface area contributed by atoms with E-state index in [1.54, 1.807) is 31.4 Å². The average Bonchev–Trinajstić information content (AvgIpc) is 3.01. The summed E-state index contributed by atoms with van der Waals surface area (Å²) in [5, 5.41) is 12.7. The number of methoxy groups -OCH3 is 1. The first-order valence-corrected chi connectivity index (χ1v) is 7.23. The number of ether oxygens (including phenoxy) is 1. The van der Waals surface area contributed by atoms with E-state index in [0.717, 1.165) is 0 Å². The zero-order valence-electron chi connectivity index (χ0n) is 11.5. The molecule has 0 radical (unpaired) electrons. The Labute approximate surface area is 131 Å². The summed E-state index contributed by atoms with van der Waals surface area (Å²) in [6.07, 6.45) is 2.75. The van der Waals surface area contributed by atoms with E-state index in [-0.39, 0.29) is 5.91 Å². The summed E-state index contributed by atoms with van der Waals surface area (Å²) in [7, 11) is 1.55. The maximum atomic E-state index is 12.1. The van der Waals surface area contributed by atoms with Crippen molar-refractivity contribution < 1.29 is 19.1 Å². The fourth-order valence-electron chi connectivity index (χ4n) is 1.85. The van der Waals surface area contributed by atoms with Crippen LogP contribution in [0.25, 0.3) is 0 Å². The van der Waals surface area contributed by atoms with E-state index in [1.807, 2.05) is 0 Å². The smallest absolute Gasteiger partial charge is 0.252 e. The Morgan fingerprint density at radius 1 is 1.48 bits per heavy atom. The highest BCUT2D eigenvalue weighted by Crippen LogP contribution is 2.22. The molecule has 0 saturated carbocycles. The van der Waals surface area contributed by atoms with E-state index in [4.69, 9.17) is 9.15 Å². The summed E-state index contributed by atoms with van der Waals surface area (Å²) in [6, 6.07) is 6.88. The van der Waals surface area contributed by atoms with Crippen LogP contribution in [-0.2, 0) is 0 Å². The summed E-state index contributed by atoms with van der Waals surface area (Å²) in [5.74, 6) is 0.391. The molecule has 1 aromatic carbocycles. The molecular formula is C15H16BrNO4. The van der Waals surface area contributed by atoms with Gasteiger partial charge in [0.05, 0.1) is 31.3 Å². The second-order valence-electron chi connectivity index (χ2n) is 4.46. The van der Waals surface area contributed by atoms with Gasteiger partial charge in [0.15, 0.2) is 0 Å². The van der Waals surface area contributed by atoms with Crippen LogP contribution in [0.15, 0.2) is 45.7 Å². The number of hydrogen-bond donors (Lipinski definition) is 2. The van der Waals surface area contributed by atoms with E-state index in [1.165, 1.54) is 12.5 Å². The van der Waals surface area contributed by atoms with Gasteiger partial charge in [0, 0.05) is 16.6 Å². The van der Waals surface area contributed by atoms with Gasteiger partial charge in [0.1, 0.15) is 5.75 Å². The lowest BCUT2D eigenvalue weighted by atomic mass is 10.1. The quantitative estimate of drug-likeness (QED) is 0.837. The summed E-state index contributed by atoms with van der Waals surface area (Å²) >= 11 is 3.33. The molecule has 0 aliphatic rings. The maximum absolute atomic E-state index is 12.1. The fraction of sp³-hybridized carbons (Fsp3) is 0.267. The van der Waals surface area contributed by atoms with Crippen LogP contribution in [0.5, 0.6) is 5.75 Å². The highest BCUT2D eigenvalue weighted by atomic mass is 79.9. The van der Waals surface area contributed by atoms with Gasteiger partial charge < -0.3 is 19.6 Å². The van der Waals surface area contributed by atoms with Gasteiger partial charge in [-0.05, 0) is 46.6 Å². The highest BCUT2D eigenvalue weighted by Gasteiger charge is 2.13. The molecule has 0 spiro atoms. The normalized spacial score (nSPS) is 12.0. The number of furan rings is 1. The minimum atomic E-state index is -0.655. The molecule has 0 aliphatic carbocycles. The Balaban J connectivity index is 1.90. The molecule has 1 atom stereocenters. The van der Waals surface area contributed by atoms with Gasteiger partial charge in [-0.15, -0.1) is 0 Å². The summed E-state index contributed by atoms with van der Waals surface area (Å²) in [5.41, 5.74) is 1.19. The van der Waals surface area contributed by atoms with Crippen LogP contribution in [0, 0.1) is 0 Å². The topological polar surface area (TPSA) is 71.7 Å². The molecule has 2 aromatic rings. The predicted molar refractivity (Wildman–Crippen MR) is 81.3 cm³/mol. The second kappa shape index (κ2) is 7.28. The van der Waals surface area contributed by atoms with Gasteiger partial charge in [0.25, 0.3) is 5.91 Å². The van der Waals surface area contributed by atoms with E-state index >= 15 is 0 Å². The van der Waals surface area contributed by atoms with Crippen molar-refractivity contribution in [2.75, 3.05) is 13.7 Å². The number of amides is 1. The first kappa shape index (κ1) is 15.6. The van der Waals surface area contributed by atoms with Crippen LogP contribution in [0.1, 0.15) is 28.4 Å². The van der Waals surface area contributed by atoms with Crippen molar-refractivity contribution in [3.8, 4) is 5.75 Å². The third-order valence-corrected chi connectivity index (χ3v) is 3.74. The number of hydrogen-bond acceptors (Lipinski definition) is 4. The molecule has 0 unspecified atom stereocenters. The van der Waals surface area contributed by atoms with Gasteiger partial charge in [0.2, 0.25) is 0 Å². The van der Waals surface area contributed by atoms with Crippen LogP contribution < -0.4 is 10.1 Å². The van der Waals surface area contributed by atoms with E-state index in [2.05, 4.69) is 21.2 Å². The molecule has 1 amide bonds. The lowest BCUT2D eigenvalue weighted by Crippen LogP contribution is -2.26. The molecule has 21 heavy (non-hydrogen) atoms. The van der Waals surface area contributed by atoms with Gasteiger partial charge in [-0.2, -0.15) is 0 Å². The summed E-state index contributed by atoms with van der Waals surface area (Å²) in [4.78, 5) is 12.1. The Bertz CT molecular complexity index is 598. The lowest BCUT2D eigenvalue weighted by molar-refractivity contribution is 0.0941. The molecule has 1 aromatic heterocycles. The monoisotopic (exact) mass is 353 g/mol. The Morgan fingerprint density at radius 2 is 2.29 bits per heavy atom. The molecule has 112 valence electrons. The van der Waals surface area contributed by atoms with Crippen LogP contribution >= 0.6 is 15.9 Å². The van der Waals surface area contributed by atoms with Crippen LogP contribution in [-0.4, -0.2) is 24.7 Å². The maximum Gasteiger partial charge on any atom is 0.252 e. The summed E-state index contributed by atoms with van der Waals surface area (Å²) in [6.45, 7) is 0.356. The fourth-order valence-corrected chi connectivity index (χ4v) is 2.28. The van der Waals surface area contributed by atoms with Gasteiger partial charge in [-0.3, -0.25) is 4.79 Å². The number of halogens is 1. The third kappa shape index (κ3) is 4.09. The van der Waals surface area contributed by atoms with Crippen molar-refractivity contribution in [2.24, 2.45) is 0 Å². The standard InChI is InChI=1S/C15H16BrNO4/c1-20-11-2-3-13(16)12(8-11)15(19)17-6-4-14(18)10-5-7-21-9-10/h2-3,5,7-9,14,18H,4,6H2,1H3,(H,17,19)/t14-/m0/s1. The summed E-state index contributed by atoms with van der Waals surface area (Å²) < 4.78 is 10.7. The van der Waals surface area contributed by atoms with Crippen molar-refractivity contribution in [1.82, 2.24) is 5.32 Å². The van der Waals surface area contributed by atoms with E-state index < -0.39 is 6.10 Å². The first-order valence-electron chi connectivity index (χ1n) is 6.43. The number of benzene rings is 1. The van der Waals surface area contributed by atoms with Crippen LogP contribution in [0.3, 0.4) is 0 Å². The SMILES string of the molecule is COc1ccc(Br)c(C(=O)NCC[C@H](O)c2ccoc2)c1. The molecule has 1 heterocycles. The highest BCUT2D eigenvalue weighted by molar-refractivity contribution is 9.10. The number of carbonyl (C=O) groups excluding carboxylic acids is 1. The second-order valence-corrected chi connectivity index (χ2v) is 5.32. The molecular weight excluding hydrogens is 338 g/mol. The van der Waals surface area contributed by atoms with Crippen LogP contribution in [0.4, 0.5) is 0 Å². The number of nitrogens with one attached hydrogen (secondary N) is 1. The van der Waals surface area contributed by atoms with Crippen molar-refractivity contribution in [3.63, 3.8) is 0 Å². The average molecular weight is 354 g/mol. The largest absolute Gasteiger partial charge is 0.497 e. The van der Waals surface area contributed by atoms with Gasteiger partial charge in [-0.1, -0.05) is 0 Å². The van der Waals surface area contributed by atoms with Crippen molar-refractivity contribution >= 4 is 21.8 Å². The molecule has 0 aliphatic heterocycles. The number of aliphatic hydroxyl groups excluding tert-OH is 1. The zero-order valence-corrected chi connectivity index (χ0v) is 13.1. The van der Waals surface area contributed by atoms with Gasteiger partial charge in [-0.25, -0.2) is 0 Å². The lowest BCUT2D eigenvalue weighted by Gasteiger charge is -2.11. The van der Waals surface area contributed by atoms with Crippen molar-refractivity contribution in [3.05, 3.63) is 52.4 Å². The van der Waals surface area contributed by atoms with Crippen molar-refractivity contribution in [1.29, 1.82) is 0 Å². The molecule has 0 saturated heterocycles. The molecule has 2 N–H and O–H groups in total. The molecule has 5 nitrogen and oxygen atoms in total. The predicted octanol–water partition coefficient (Wildman–Crippen LogP) is 2.90. The molecule has 0 bridgehead atoms. The first-order chi connectivity index (χ1) is 10.1. The Hall–Kier alpha value is -1.79. The minimum absolute atomic E-state index is 0.222. The van der Waals surface area contributed by atoms with Crippen LogP contribution in [0.2, 0.25) is 0 Å². The molecule has 6 heteroatoms. The van der Waals surface area contributed by atoms with Crippen molar-refractivity contribution in [2.45, 2.75) is 12.5 Å². The van der Waals surface area contributed by atoms with E-state index in [0.29, 0.717) is 34.3 Å². The minimum Gasteiger partial charge on any atom is -0.497 e. The third-order valence-electron chi connectivity index (χ3n) is 3.05. The number of carbonyl (C=O) groups is 1.